The molecule has 2 aromatic rings. The lowest BCUT2D eigenvalue weighted by Gasteiger charge is -1.98. The zero-order valence-corrected chi connectivity index (χ0v) is 9.39. The van der Waals surface area contributed by atoms with Gasteiger partial charge in [0.25, 0.3) is 0 Å². The van der Waals surface area contributed by atoms with Gasteiger partial charge in [-0.25, -0.2) is 0 Å². The SMILES string of the molecule is Cc1nn(C)c(Sc2nncs2)c1N. The summed E-state index contributed by atoms with van der Waals surface area (Å²) in [5.41, 5.74) is 9.13. The highest BCUT2D eigenvalue weighted by molar-refractivity contribution is 8.01. The average Bonchev–Trinajstić information content (AvgIpc) is 2.71. The second-order valence-corrected chi connectivity index (χ2v) is 4.80. The van der Waals surface area contributed by atoms with Crippen LogP contribution < -0.4 is 5.73 Å². The molecule has 0 saturated heterocycles. The topological polar surface area (TPSA) is 69.6 Å². The quantitative estimate of drug-likeness (QED) is 0.837. The Hall–Kier alpha value is -1.08. The molecule has 2 rings (SSSR count). The fraction of sp³-hybridized carbons (Fsp3) is 0.286. The van der Waals surface area contributed by atoms with Crippen molar-refractivity contribution in [3.8, 4) is 0 Å². The van der Waals surface area contributed by atoms with Crippen LogP contribution in [0.1, 0.15) is 5.69 Å². The van der Waals surface area contributed by atoms with E-state index in [1.165, 1.54) is 23.1 Å². The molecule has 0 atom stereocenters. The van der Waals surface area contributed by atoms with Crippen molar-refractivity contribution >= 4 is 28.8 Å². The standard InChI is InChI=1S/C7H9N5S2/c1-4-5(8)6(12(2)11-4)14-7-10-9-3-13-7/h3H,8H2,1-2H3. The highest BCUT2D eigenvalue weighted by atomic mass is 32.2. The molecule has 0 aromatic carbocycles. The number of rotatable bonds is 2. The van der Waals surface area contributed by atoms with Crippen LogP contribution in [0.3, 0.4) is 0 Å². The molecule has 0 saturated carbocycles. The van der Waals surface area contributed by atoms with E-state index in [-0.39, 0.29) is 0 Å². The fourth-order valence-electron chi connectivity index (χ4n) is 1.06. The van der Waals surface area contributed by atoms with Crippen molar-refractivity contribution in [2.24, 2.45) is 7.05 Å². The van der Waals surface area contributed by atoms with Gasteiger partial charge in [-0.3, -0.25) is 4.68 Å². The third-order valence-corrected chi connectivity index (χ3v) is 3.69. The van der Waals surface area contributed by atoms with E-state index < -0.39 is 0 Å². The Bertz CT molecular complexity index is 433. The van der Waals surface area contributed by atoms with Crippen LogP contribution >= 0.6 is 23.1 Å². The molecule has 7 heteroatoms. The first kappa shape index (κ1) is 9.47. The van der Waals surface area contributed by atoms with Crippen LogP contribution in [0.4, 0.5) is 5.69 Å². The van der Waals surface area contributed by atoms with Gasteiger partial charge in [0.2, 0.25) is 0 Å². The number of anilines is 1. The second-order valence-electron chi connectivity index (χ2n) is 2.73. The van der Waals surface area contributed by atoms with Crippen LogP contribution in [-0.2, 0) is 7.05 Å². The molecule has 14 heavy (non-hydrogen) atoms. The zero-order valence-electron chi connectivity index (χ0n) is 7.76. The van der Waals surface area contributed by atoms with Crippen LogP contribution in [0.2, 0.25) is 0 Å². The molecule has 5 nitrogen and oxygen atoms in total. The smallest absolute Gasteiger partial charge is 0.180 e. The number of hydrogen-bond donors (Lipinski definition) is 1. The van der Waals surface area contributed by atoms with Crippen molar-refractivity contribution in [1.29, 1.82) is 0 Å². The maximum atomic E-state index is 5.87. The van der Waals surface area contributed by atoms with E-state index in [2.05, 4.69) is 15.3 Å². The second kappa shape index (κ2) is 3.58. The first-order valence-corrected chi connectivity index (χ1v) is 5.61. The van der Waals surface area contributed by atoms with Crippen LogP contribution in [0, 0.1) is 6.92 Å². The lowest BCUT2D eigenvalue weighted by molar-refractivity contribution is 0.693. The van der Waals surface area contributed by atoms with Gasteiger partial charge in [0.05, 0.1) is 11.4 Å². The maximum absolute atomic E-state index is 5.87. The summed E-state index contributed by atoms with van der Waals surface area (Å²) < 4.78 is 2.64. The molecule has 2 aromatic heterocycles. The predicted molar refractivity (Wildman–Crippen MR) is 56.4 cm³/mol. The van der Waals surface area contributed by atoms with E-state index in [9.17, 15) is 0 Å². The third kappa shape index (κ3) is 1.60. The Morgan fingerprint density at radius 2 is 2.36 bits per heavy atom. The minimum absolute atomic E-state index is 0.715. The number of nitrogens with zero attached hydrogens (tertiary/aromatic N) is 4. The van der Waals surface area contributed by atoms with Gasteiger partial charge in [-0.2, -0.15) is 5.10 Å². The first-order valence-electron chi connectivity index (χ1n) is 3.91. The van der Waals surface area contributed by atoms with Gasteiger partial charge in [-0.15, -0.1) is 10.2 Å². The molecule has 0 amide bonds. The van der Waals surface area contributed by atoms with E-state index in [0.29, 0.717) is 5.69 Å². The van der Waals surface area contributed by atoms with E-state index >= 15 is 0 Å². The van der Waals surface area contributed by atoms with E-state index in [0.717, 1.165) is 15.1 Å². The molecule has 0 spiro atoms. The minimum Gasteiger partial charge on any atom is -0.395 e. The summed E-state index contributed by atoms with van der Waals surface area (Å²) in [5, 5.41) is 12.8. The molecular formula is C7H9N5S2. The van der Waals surface area contributed by atoms with Gasteiger partial charge < -0.3 is 5.73 Å². The number of hydrogen-bond acceptors (Lipinski definition) is 6. The lowest BCUT2D eigenvalue weighted by Crippen LogP contribution is -1.93. The number of nitrogens with two attached hydrogens (primary N) is 1. The van der Waals surface area contributed by atoms with E-state index in [1.54, 1.807) is 10.2 Å². The van der Waals surface area contributed by atoms with Gasteiger partial charge in [-0.1, -0.05) is 11.3 Å². The van der Waals surface area contributed by atoms with E-state index in [1.807, 2.05) is 14.0 Å². The minimum atomic E-state index is 0.715. The van der Waals surface area contributed by atoms with Crippen LogP contribution in [-0.4, -0.2) is 20.0 Å². The third-order valence-electron chi connectivity index (χ3n) is 1.74. The monoisotopic (exact) mass is 227 g/mol. The molecule has 0 bridgehead atoms. The average molecular weight is 227 g/mol. The summed E-state index contributed by atoms with van der Waals surface area (Å²) >= 11 is 2.98. The van der Waals surface area contributed by atoms with Gasteiger partial charge in [0, 0.05) is 7.05 Å². The number of nitrogen functional groups attached to an aromatic ring is 1. The predicted octanol–water partition coefficient (Wildman–Crippen LogP) is 1.31. The lowest BCUT2D eigenvalue weighted by atomic mass is 10.4. The Morgan fingerprint density at radius 3 is 2.86 bits per heavy atom. The van der Waals surface area contributed by atoms with Crippen molar-refractivity contribution in [3.05, 3.63) is 11.2 Å². The summed E-state index contributed by atoms with van der Waals surface area (Å²) in [5.74, 6) is 0. The summed E-state index contributed by atoms with van der Waals surface area (Å²) in [6.07, 6.45) is 0. The highest BCUT2D eigenvalue weighted by Gasteiger charge is 2.12. The van der Waals surface area contributed by atoms with Crippen LogP contribution in [0.25, 0.3) is 0 Å². The Kier molecular flexibility index (Phi) is 2.42. The van der Waals surface area contributed by atoms with E-state index in [4.69, 9.17) is 5.73 Å². The van der Waals surface area contributed by atoms with Crippen molar-refractivity contribution in [3.63, 3.8) is 0 Å². The molecular weight excluding hydrogens is 218 g/mol. The Labute approximate surface area is 89.3 Å². The largest absolute Gasteiger partial charge is 0.395 e. The highest BCUT2D eigenvalue weighted by Crippen LogP contribution is 2.33. The van der Waals surface area contributed by atoms with Crippen LogP contribution in [0.15, 0.2) is 14.9 Å². The van der Waals surface area contributed by atoms with Crippen molar-refractivity contribution in [1.82, 2.24) is 20.0 Å². The molecule has 0 unspecified atom stereocenters. The number of aryl methyl sites for hydroxylation is 2. The van der Waals surface area contributed by atoms with Gasteiger partial charge in [0.1, 0.15) is 10.5 Å². The molecule has 0 aliphatic carbocycles. The van der Waals surface area contributed by atoms with Gasteiger partial charge >= 0.3 is 0 Å². The number of aromatic nitrogens is 4. The van der Waals surface area contributed by atoms with Crippen molar-refractivity contribution in [2.45, 2.75) is 16.3 Å². The molecule has 74 valence electrons. The Morgan fingerprint density at radius 1 is 1.57 bits per heavy atom. The maximum Gasteiger partial charge on any atom is 0.180 e. The summed E-state index contributed by atoms with van der Waals surface area (Å²) in [6.45, 7) is 1.89. The first-order chi connectivity index (χ1) is 6.68. The van der Waals surface area contributed by atoms with Crippen molar-refractivity contribution in [2.75, 3.05) is 5.73 Å². The normalized spacial score (nSPS) is 10.7. The molecule has 0 aliphatic heterocycles. The molecule has 2 heterocycles. The summed E-state index contributed by atoms with van der Waals surface area (Å²) in [7, 11) is 1.87. The fourth-order valence-corrected chi connectivity index (χ4v) is 2.59. The molecule has 0 fully saturated rings. The van der Waals surface area contributed by atoms with Crippen LogP contribution in [0.5, 0.6) is 0 Å². The molecule has 2 N–H and O–H groups in total. The Balaban J connectivity index is 2.33. The zero-order chi connectivity index (χ0) is 10.1. The van der Waals surface area contributed by atoms with Gasteiger partial charge in [0.15, 0.2) is 4.34 Å². The molecule has 0 aliphatic rings. The summed E-state index contributed by atoms with van der Waals surface area (Å²) in [6, 6.07) is 0. The van der Waals surface area contributed by atoms with Gasteiger partial charge in [-0.05, 0) is 18.7 Å². The molecule has 0 radical (unpaired) electrons. The van der Waals surface area contributed by atoms with Crippen molar-refractivity contribution < 1.29 is 0 Å². The summed E-state index contributed by atoms with van der Waals surface area (Å²) in [4.78, 5) is 0.